The van der Waals surface area contributed by atoms with E-state index >= 15 is 0 Å². The van der Waals surface area contributed by atoms with Crippen LogP contribution in [-0.2, 0) is 0 Å². The Labute approximate surface area is 112 Å². The summed E-state index contributed by atoms with van der Waals surface area (Å²) in [7, 11) is 0. The summed E-state index contributed by atoms with van der Waals surface area (Å²) in [6.45, 7) is 3.75. The van der Waals surface area contributed by atoms with Crippen LogP contribution >= 0.6 is 0 Å². The van der Waals surface area contributed by atoms with Crippen LogP contribution in [0.2, 0.25) is 0 Å². The van der Waals surface area contributed by atoms with Gasteiger partial charge in [0, 0.05) is 17.4 Å². The lowest BCUT2D eigenvalue weighted by Gasteiger charge is -2.15. The van der Waals surface area contributed by atoms with Crippen LogP contribution < -0.4 is 11.1 Å². The van der Waals surface area contributed by atoms with Gasteiger partial charge in [-0.05, 0) is 43.7 Å². The van der Waals surface area contributed by atoms with Gasteiger partial charge in [0.05, 0.1) is 11.7 Å². The van der Waals surface area contributed by atoms with E-state index in [0.29, 0.717) is 11.3 Å². The SMILES string of the molecule is Cc1c(N)cccc1C(=O)N[C@@H](C)c1ccccn1. The summed E-state index contributed by atoms with van der Waals surface area (Å²) in [6.07, 6.45) is 1.71. The molecule has 3 N–H and O–H groups in total. The Hall–Kier alpha value is -2.36. The molecule has 2 rings (SSSR count). The number of rotatable bonds is 3. The molecule has 2 aromatic rings. The fourth-order valence-electron chi connectivity index (χ4n) is 1.88. The largest absolute Gasteiger partial charge is 0.398 e. The van der Waals surface area contributed by atoms with E-state index in [1.54, 1.807) is 24.4 Å². The van der Waals surface area contributed by atoms with Crippen molar-refractivity contribution in [3.05, 3.63) is 59.4 Å². The minimum Gasteiger partial charge on any atom is -0.398 e. The van der Waals surface area contributed by atoms with Crippen LogP contribution in [0, 0.1) is 6.92 Å². The number of nitrogens with zero attached hydrogens (tertiary/aromatic N) is 1. The number of carbonyl (C=O) groups excluding carboxylic acids is 1. The first kappa shape index (κ1) is 13.1. The molecular weight excluding hydrogens is 238 g/mol. The van der Waals surface area contributed by atoms with Gasteiger partial charge in [0.15, 0.2) is 0 Å². The Kier molecular flexibility index (Phi) is 3.80. The summed E-state index contributed by atoms with van der Waals surface area (Å²) in [5.74, 6) is -0.136. The maximum Gasteiger partial charge on any atom is 0.252 e. The maximum absolute atomic E-state index is 12.2. The molecule has 0 aliphatic rings. The van der Waals surface area contributed by atoms with Gasteiger partial charge in [-0.25, -0.2) is 0 Å². The zero-order chi connectivity index (χ0) is 13.8. The molecule has 0 spiro atoms. The topological polar surface area (TPSA) is 68.0 Å². The van der Waals surface area contributed by atoms with Crippen molar-refractivity contribution in [2.45, 2.75) is 19.9 Å². The minimum absolute atomic E-state index is 0.136. The first-order chi connectivity index (χ1) is 9.09. The molecule has 0 fully saturated rings. The van der Waals surface area contributed by atoms with Gasteiger partial charge in [-0.2, -0.15) is 0 Å². The lowest BCUT2D eigenvalue weighted by atomic mass is 10.1. The van der Waals surface area contributed by atoms with E-state index in [9.17, 15) is 4.79 Å². The zero-order valence-electron chi connectivity index (χ0n) is 11.1. The molecule has 0 unspecified atom stereocenters. The van der Waals surface area contributed by atoms with Crippen LogP contribution in [0.5, 0.6) is 0 Å². The van der Waals surface area contributed by atoms with Gasteiger partial charge in [0.2, 0.25) is 0 Å². The average molecular weight is 255 g/mol. The molecular formula is C15H17N3O. The number of nitrogens with one attached hydrogen (secondary N) is 1. The number of nitrogens with two attached hydrogens (primary N) is 1. The van der Waals surface area contributed by atoms with Gasteiger partial charge in [0.25, 0.3) is 5.91 Å². The molecule has 0 aliphatic carbocycles. The number of hydrogen-bond acceptors (Lipinski definition) is 3. The quantitative estimate of drug-likeness (QED) is 0.828. The smallest absolute Gasteiger partial charge is 0.252 e. The molecule has 0 saturated carbocycles. The van der Waals surface area contributed by atoms with Gasteiger partial charge >= 0.3 is 0 Å². The lowest BCUT2D eigenvalue weighted by Crippen LogP contribution is -2.27. The number of hydrogen-bond donors (Lipinski definition) is 2. The highest BCUT2D eigenvalue weighted by molar-refractivity contribution is 5.97. The van der Waals surface area contributed by atoms with Gasteiger partial charge in [-0.3, -0.25) is 9.78 Å². The minimum atomic E-state index is -0.144. The van der Waals surface area contributed by atoms with E-state index in [2.05, 4.69) is 10.3 Å². The summed E-state index contributed by atoms with van der Waals surface area (Å²) in [6, 6.07) is 10.8. The van der Waals surface area contributed by atoms with Crippen molar-refractivity contribution in [3.63, 3.8) is 0 Å². The third-order valence-electron chi connectivity index (χ3n) is 3.10. The second-order valence-corrected chi connectivity index (χ2v) is 4.47. The Balaban J connectivity index is 2.16. The molecule has 98 valence electrons. The van der Waals surface area contributed by atoms with Crippen LogP contribution in [0.3, 0.4) is 0 Å². The highest BCUT2D eigenvalue weighted by Gasteiger charge is 2.14. The fraction of sp³-hybridized carbons (Fsp3) is 0.200. The van der Waals surface area contributed by atoms with E-state index in [0.717, 1.165) is 11.3 Å². The predicted molar refractivity (Wildman–Crippen MR) is 75.7 cm³/mol. The van der Waals surface area contributed by atoms with Crippen LogP contribution in [-0.4, -0.2) is 10.9 Å². The molecule has 1 aromatic carbocycles. The summed E-state index contributed by atoms with van der Waals surface area (Å²) in [5, 5.41) is 2.92. The van der Waals surface area contributed by atoms with Crippen molar-refractivity contribution < 1.29 is 4.79 Å². The number of aromatic nitrogens is 1. The number of carbonyl (C=O) groups is 1. The molecule has 4 heteroatoms. The van der Waals surface area contributed by atoms with Crippen molar-refractivity contribution in [3.8, 4) is 0 Å². The first-order valence-electron chi connectivity index (χ1n) is 6.16. The van der Waals surface area contributed by atoms with E-state index in [1.807, 2.05) is 32.0 Å². The van der Waals surface area contributed by atoms with E-state index in [4.69, 9.17) is 5.73 Å². The number of nitrogen functional groups attached to an aromatic ring is 1. The molecule has 1 amide bonds. The van der Waals surface area contributed by atoms with Crippen LogP contribution in [0.15, 0.2) is 42.6 Å². The van der Waals surface area contributed by atoms with E-state index in [1.165, 1.54) is 0 Å². The second kappa shape index (κ2) is 5.52. The normalized spacial score (nSPS) is 11.9. The van der Waals surface area contributed by atoms with Crippen molar-refractivity contribution in [1.82, 2.24) is 10.3 Å². The number of benzene rings is 1. The Morgan fingerprint density at radius 1 is 1.26 bits per heavy atom. The van der Waals surface area contributed by atoms with Crippen LogP contribution in [0.4, 0.5) is 5.69 Å². The van der Waals surface area contributed by atoms with Gasteiger partial charge in [-0.1, -0.05) is 12.1 Å². The standard InChI is InChI=1S/C15H17N3O/c1-10-12(6-5-7-13(10)16)15(19)18-11(2)14-8-3-4-9-17-14/h3-9,11H,16H2,1-2H3,(H,18,19)/t11-/m0/s1. The highest BCUT2D eigenvalue weighted by Crippen LogP contribution is 2.17. The van der Waals surface area contributed by atoms with Gasteiger partial charge in [-0.15, -0.1) is 0 Å². The average Bonchev–Trinajstić information content (AvgIpc) is 2.42. The molecule has 0 radical (unpaired) electrons. The molecule has 1 heterocycles. The van der Waals surface area contributed by atoms with Crippen molar-refractivity contribution in [2.24, 2.45) is 0 Å². The van der Waals surface area contributed by atoms with Crippen LogP contribution in [0.25, 0.3) is 0 Å². The van der Waals surface area contributed by atoms with Gasteiger partial charge < -0.3 is 11.1 Å². The molecule has 1 atom stereocenters. The van der Waals surface area contributed by atoms with Crippen LogP contribution in [0.1, 0.15) is 34.6 Å². The van der Waals surface area contributed by atoms with E-state index < -0.39 is 0 Å². The molecule has 0 bridgehead atoms. The molecule has 19 heavy (non-hydrogen) atoms. The summed E-state index contributed by atoms with van der Waals surface area (Å²) in [4.78, 5) is 16.4. The van der Waals surface area contributed by atoms with Crippen molar-refractivity contribution in [2.75, 3.05) is 5.73 Å². The Morgan fingerprint density at radius 3 is 2.74 bits per heavy atom. The molecule has 0 aliphatic heterocycles. The van der Waals surface area contributed by atoms with Crippen molar-refractivity contribution in [1.29, 1.82) is 0 Å². The maximum atomic E-state index is 12.2. The fourth-order valence-corrected chi connectivity index (χ4v) is 1.88. The number of pyridine rings is 1. The Morgan fingerprint density at radius 2 is 2.05 bits per heavy atom. The monoisotopic (exact) mass is 255 g/mol. The van der Waals surface area contributed by atoms with E-state index in [-0.39, 0.29) is 11.9 Å². The highest BCUT2D eigenvalue weighted by atomic mass is 16.1. The molecule has 1 aromatic heterocycles. The summed E-state index contributed by atoms with van der Waals surface area (Å²) < 4.78 is 0. The third-order valence-corrected chi connectivity index (χ3v) is 3.10. The summed E-state index contributed by atoms with van der Waals surface area (Å²) in [5.41, 5.74) is 8.66. The second-order valence-electron chi connectivity index (χ2n) is 4.47. The first-order valence-corrected chi connectivity index (χ1v) is 6.16. The number of anilines is 1. The third kappa shape index (κ3) is 2.91. The predicted octanol–water partition coefficient (Wildman–Crippen LogP) is 2.46. The van der Waals surface area contributed by atoms with Crippen molar-refractivity contribution >= 4 is 11.6 Å². The Bertz CT molecular complexity index is 581. The molecule has 0 saturated heterocycles. The van der Waals surface area contributed by atoms with Gasteiger partial charge in [0.1, 0.15) is 0 Å². The zero-order valence-corrected chi connectivity index (χ0v) is 11.1. The molecule has 4 nitrogen and oxygen atoms in total. The number of amides is 1. The summed E-state index contributed by atoms with van der Waals surface area (Å²) >= 11 is 0. The lowest BCUT2D eigenvalue weighted by molar-refractivity contribution is 0.0938.